The zero-order valence-corrected chi connectivity index (χ0v) is 11.6. The van der Waals surface area contributed by atoms with Gasteiger partial charge in [-0.3, -0.25) is 0 Å². The summed E-state index contributed by atoms with van der Waals surface area (Å²) in [5.74, 6) is 0.683. The third-order valence-electron chi connectivity index (χ3n) is 2.51. The van der Waals surface area contributed by atoms with Gasteiger partial charge in [0.15, 0.2) is 0 Å². The molecule has 0 amide bonds. The van der Waals surface area contributed by atoms with Crippen molar-refractivity contribution in [2.45, 2.75) is 6.92 Å². The van der Waals surface area contributed by atoms with Crippen LogP contribution in [0.1, 0.15) is 12.5 Å². The van der Waals surface area contributed by atoms with Gasteiger partial charge in [0, 0.05) is 0 Å². The highest BCUT2D eigenvalue weighted by Crippen LogP contribution is 2.30. The predicted molar refractivity (Wildman–Crippen MR) is 76.4 cm³/mol. The van der Waals surface area contributed by atoms with Gasteiger partial charge in [-0.05, 0) is 19.1 Å². The van der Waals surface area contributed by atoms with Crippen LogP contribution < -0.4 is 20.5 Å². The van der Waals surface area contributed by atoms with Crippen LogP contribution in [0.25, 0.3) is 0 Å². The molecule has 0 unspecified atom stereocenters. The second-order valence-corrected chi connectivity index (χ2v) is 3.85. The normalized spacial score (nSPS) is 9.76. The van der Waals surface area contributed by atoms with Gasteiger partial charge in [0.05, 0.1) is 19.3 Å². The van der Waals surface area contributed by atoms with Crippen LogP contribution in [0.15, 0.2) is 18.2 Å². The third-order valence-corrected chi connectivity index (χ3v) is 2.51. The van der Waals surface area contributed by atoms with Gasteiger partial charge in [-0.25, -0.2) is 0 Å². The fourth-order valence-corrected chi connectivity index (χ4v) is 1.66. The van der Waals surface area contributed by atoms with Gasteiger partial charge in [-0.2, -0.15) is 20.2 Å². The summed E-state index contributed by atoms with van der Waals surface area (Å²) >= 11 is 0. The SMILES string of the molecule is CCOc1nc(N)nc(Nc2c(C#N)cccc2OC)n1. The minimum atomic E-state index is 0.0179. The maximum atomic E-state index is 9.16. The lowest BCUT2D eigenvalue weighted by molar-refractivity contribution is 0.312. The predicted octanol–water partition coefficient (Wildman–Crippen LogP) is 1.48. The first-order valence-corrected chi connectivity index (χ1v) is 6.16. The Morgan fingerprint density at radius 3 is 2.81 bits per heavy atom. The summed E-state index contributed by atoms with van der Waals surface area (Å²) in [5.41, 5.74) is 6.45. The largest absolute Gasteiger partial charge is 0.495 e. The Bertz CT molecular complexity index is 683. The highest BCUT2D eigenvalue weighted by Gasteiger charge is 2.12. The molecule has 0 fully saturated rings. The van der Waals surface area contributed by atoms with E-state index >= 15 is 0 Å². The molecule has 0 radical (unpaired) electrons. The van der Waals surface area contributed by atoms with Crippen LogP contribution in [0.5, 0.6) is 11.8 Å². The number of para-hydroxylation sites is 1. The van der Waals surface area contributed by atoms with Gasteiger partial charge < -0.3 is 20.5 Å². The van der Waals surface area contributed by atoms with Crippen LogP contribution in [-0.2, 0) is 0 Å². The van der Waals surface area contributed by atoms with E-state index in [2.05, 4.69) is 26.3 Å². The second kappa shape index (κ2) is 6.38. The molecule has 0 aliphatic carbocycles. The molecule has 1 aromatic carbocycles. The van der Waals surface area contributed by atoms with Crippen LogP contribution in [0.2, 0.25) is 0 Å². The lowest BCUT2D eigenvalue weighted by atomic mass is 10.2. The Morgan fingerprint density at radius 2 is 2.14 bits per heavy atom. The average Bonchev–Trinajstić information content (AvgIpc) is 2.47. The van der Waals surface area contributed by atoms with Gasteiger partial charge >= 0.3 is 6.01 Å². The summed E-state index contributed by atoms with van der Waals surface area (Å²) in [5, 5.41) is 12.1. The van der Waals surface area contributed by atoms with Crippen LogP contribution in [-0.4, -0.2) is 28.7 Å². The summed E-state index contributed by atoms with van der Waals surface area (Å²) in [6.45, 7) is 2.21. The van der Waals surface area contributed by atoms with Crippen molar-refractivity contribution in [3.05, 3.63) is 23.8 Å². The van der Waals surface area contributed by atoms with Crippen molar-refractivity contribution in [2.24, 2.45) is 0 Å². The molecule has 0 aliphatic heterocycles. The van der Waals surface area contributed by atoms with Crippen molar-refractivity contribution < 1.29 is 9.47 Å². The Hall–Kier alpha value is -3.08. The Labute approximate surface area is 121 Å². The molecule has 0 aliphatic rings. The quantitative estimate of drug-likeness (QED) is 0.848. The molecule has 0 atom stereocenters. The maximum Gasteiger partial charge on any atom is 0.323 e. The second-order valence-electron chi connectivity index (χ2n) is 3.85. The van der Waals surface area contributed by atoms with E-state index < -0.39 is 0 Å². The minimum absolute atomic E-state index is 0.0179. The standard InChI is InChI=1S/C13H14N6O2/c1-3-21-13-18-11(15)17-12(19-13)16-10-8(7-14)5-4-6-9(10)20-2/h4-6H,3H2,1-2H3,(H3,15,16,17,18,19). The molecule has 1 aromatic heterocycles. The van der Waals surface area contributed by atoms with Crippen LogP contribution in [0.3, 0.4) is 0 Å². The molecule has 8 heteroatoms. The molecule has 21 heavy (non-hydrogen) atoms. The molecule has 3 N–H and O–H groups in total. The smallest absolute Gasteiger partial charge is 0.323 e. The number of nitrogens with two attached hydrogens (primary N) is 1. The topological polar surface area (TPSA) is 119 Å². The van der Waals surface area contributed by atoms with E-state index in [-0.39, 0.29) is 17.9 Å². The number of nitrogens with one attached hydrogen (secondary N) is 1. The fourth-order valence-electron chi connectivity index (χ4n) is 1.66. The number of ether oxygens (including phenoxy) is 2. The van der Waals surface area contributed by atoms with Gasteiger partial charge in [0.1, 0.15) is 17.5 Å². The summed E-state index contributed by atoms with van der Waals surface area (Å²) in [6.07, 6.45) is 0. The number of benzene rings is 1. The summed E-state index contributed by atoms with van der Waals surface area (Å²) in [7, 11) is 1.51. The number of rotatable bonds is 5. The fraction of sp³-hybridized carbons (Fsp3) is 0.231. The van der Waals surface area contributed by atoms with Crippen molar-refractivity contribution in [2.75, 3.05) is 24.8 Å². The molecule has 1 heterocycles. The molecule has 108 valence electrons. The molecular formula is C13H14N6O2. The van der Waals surface area contributed by atoms with Crippen molar-refractivity contribution >= 4 is 17.6 Å². The number of nitriles is 1. The lowest BCUT2D eigenvalue weighted by Gasteiger charge is -2.12. The number of anilines is 3. The number of nitrogen functional groups attached to an aromatic ring is 1. The van der Waals surface area contributed by atoms with Crippen LogP contribution in [0, 0.1) is 11.3 Å². The summed E-state index contributed by atoms with van der Waals surface area (Å²) in [6, 6.07) is 7.27. The molecule has 0 saturated heterocycles. The summed E-state index contributed by atoms with van der Waals surface area (Å²) in [4.78, 5) is 11.9. The number of methoxy groups -OCH3 is 1. The molecule has 0 saturated carbocycles. The third kappa shape index (κ3) is 3.27. The molecule has 2 aromatic rings. The van der Waals surface area contributed by atoms with E-state index in [0.29, 0.717) is 23.6 Å². The maximum absolute atomic E-state index is 9.16. The zero-order valence-electron chi connectivity index (χ0n) is 11.6. The van der Waals surface area contributed by atoms with Gasteiger partial charge in [-0.15, -0.1) is 0 Å². The number of nitrogens with zero attached hydrogens (tertiary/aromatic N) is 4. The Morgan fingerprint density at radius 1 is 1.33 bits per heavy atom. The highest BCUT2D eigenvalue weighted by atomic mass is 16.5. The van der Waals surface area contributed by atoms with E-state index in [1.54, 1.807) is 25.1 Å². The monoisotopic (exact) mass is 286 g/mol. The highest BCUT2D eigenvalue weighted by molar-refractivity contribution is 5.70. The zero-order chi connectivity index (χ0) is 15.2. The number of aromatic nitrogens is 3. The van der Waals surface area contributed by atoms with E-state index in [9.17, 15) is 0 Å². The minimum Gasteiger partial charge on any atom is -0.495 e. The average molecular weight is 286 g/mol. The molecule has 2 rings (SSSR count). The Kier molecular flexibility index (Phi) is 4.36. The van der Waals surface area contributed by atoms with E-state index in [4.69, 9.17) is 20.5 Å². The van der Waals surface area contributed by atoms with E-state index in [1.165, 1.54) is 7.11 Å². The molecule has 8 nitrogen and oxygen atoms in total. The van der Waals surface area contributed by atoms with E-state index in [1.807, 2.05) is 0 Å². The van der Waals surface area contributed by atoms with Crippen molar-refractivity contribution in [1.29, 1.82) is 5.26 Å². The van der Waals surface area contributed by atoms with Gasteiger partial charge in [0.25, 0.3) is 0 Å². The van der Waals surface area contributed by atoms with Crippen molar-refractivity contribution in [3.8, 4) is 17.8 Å². The summed E-state index contributed by atoms with van der Waals surface area (Å²) < 4.78 is 10.4. The first-order valence-electron chi connectivity index (χ1n) is 6.16. The van der Waals surface area contributed by atoms with Crippen molar-refractivity contribution in [1.82, 2.24) is 15.0 Å². The lowest BCUT2D eigenvalue weighted by Crippen LogP contribution is -2.07. The van der Waals surface area contributed by atoms with Crippen LogP contribution in [0.4, 0.5) is 17.6 Å². The first-order chi connectivity index (χ1) is 10.2. The molecule has 0 bridgehead atoms. The first kappa shape index (κ1) is 14.3. The molecule has 0 spiro atoms. The van der Waals surface area contributed by atoms with Crippen molar-refractivity contribution in [3.63, 3.8) is 0 Å². The van der Waals surface area contributed by atoms with E-state index in [0.717, 1.165) is 0 Å². The number of hydrogen-bond acceptors (Lipinski definition) is 8. The molecular weight excluding hydrogens is 272 g/mol. The van der Waals surface area contributed by atoms with Crippen LogP contribution >= 0.6 is 0 Å². The van der Waals surface area contributed by atoms with Gasteiger partial charge in [-0.1, -0.05) is 6.07 Å². The number of hydrogen-bond donors (Lipinski definition) is 2. The Balaban J connectivity index is 2.40. The van der Waals surface area contributed by atoms with Gasteiger partial charge in [0.2, 0.25) is 11.9 Å².